The van der Waals surface area contributed by atoms with E-state index in [2.05, 4.69) is 10.1 Å². The van der Waals surface area contributed by atoms with Crippen molar-refractivity contribution in [3.63, 3.8) is 0 Å². The first-order valence-corrected chi connectivity index (χ1v) is 8.85. The maximum atomic E-state index is 11.8. The minimum atomic E-state index is -3.23. The molecule has 0 N–H and O–H groups in total. The molecule has 0 radical (unpaired) electrons. The zero-order chi connectivity index (χ0) is 14.9. The van der Waals surface area contributed by atoms with E-state index in [1.165, 1.54) is 16.9 Å². The second kappa shape index (κ2) is 5.64. The fourth-order valence-corrected chi connectivity index (χ4v) is 3.81. The number of ether oxygens (including phenoxy) is 2. The lowest BCUT2D eigenvalue weighted by molar-refractivity contribution is -0.0860. The summed E-state index contributed by atoms with van der Waals surface area (Å²) in [5.74, 6) is 0. The summed E-state index contributed by atoms with van der Waals surface area (Å²) in [4.78, 5) is 3.91. The van der Waals surface area contributed by atoms with E-state index >= 15 is 0 Å². The van der Waals surface area contributed by atoms with Crippen LogP contribution in [0.15, 0.2) is 12.7 Å². The van der Waals surface area contributed by atoms with Crippen molar-refractivity contribution in [2.24, 2.45) is 0 Å². The maximum Gasteiger partial charge on any atom is 0.211 e. The molecule has 21 heavy (non-hydrogen) atoms. The minimum Gasteiger partial charge on any atom is -0.377 e. The van der Waals surface area contributed by atoms with E-state index in [9.17, 15) is 8.42 Å². The normalized spacial score (nSPS) is 31.6. The second-order valence-corrected chi connectivity index (χ2v) is 7.71. The van der Waals surface area contributed by atoms with E-state index in [-0.39, 0.29) is 6.10 Å². The topological polar surface area (TPSA) is 86.6 Å². The molecule has 1 aromatic rings. The Morgan fingerprint density at radius 1 is 1.48 bits per heavy atom. The van der Waals surface area contributed by atoms with Crippen molar-refractivity contribution in [2.45, 2.75) is 31.1 Å². The Labute approximate surface area is 124 Å². The average molecular weight is 316 g/mol. The lowest BCUT2D eigenvalue weighted by Crippen LogP contribution is -2.46. The summed E-state index contributed by atoms with van der Waals surface area (Å²) >= 11 is 0. The predicted octanol–water partition coefficient (Wildman–Crippen LogP) is -0.512. The molecule has 0 saturated carbocycles. The number of hydrogen-bond acceptors (Lipinski definition) is 6. The van der Waals surface area contributed by atoms with Gasteiger partial charge in [-0.1, -0.05) is 0 Å². The highest BCUT2D eigenvalue weighted by molar-refractivity contribution is 7.88. The van der Waals surface area contributed by atoms with Crippen LogP contribution in [-0.2, 0) is 26.0 Å². The lowest BCUT2D eigenvalue weighted by atomic mass is 10.0. The van der Waals surface area contributed by atoms with Gasteiger partial charge in [-0.25, -0.2) is 13.4 Å². The second-order valence-electron chi connectivity index (χ2n) is 5.73. The van der Waals surface area contributed by atoms with E-state index in [1.807, 2.05) is 0 Å². The zero-order valence-corrected chi connectivity index (χ0v) is 12.8. The third kappa shape index (κ3) is 3.42. The minimum absolute atomic E-state index is 0.00908. The van der Waals surface area contributed by atoms with Crippen LogP contribution in [0, 0.1) is 0 Å². The van der Waals surface area contributed by atoms with Crippen molar-refractivity contribution < 1.29 is 17.9 Å². The van der Waals surface area contributed by atoms with E-state index < -0.39 is 15.6 Å². The Hall–Kier alpha value is -1.03. The fraction of sp³-hybridized carbons (Fsp3) is 0.833. The molecule has 1 spiro atoms. The maximum absolute atomic E-state index is 11.8. The van der Waals surface area contributed by atoms with Crippen molar-refractivity contribution in [1.82, 2.24) is 19.1 Å². The smallest absolute Gasteiger partial charge is 0.211 e. The SMILES string of the molecule is CS(=O)(=O)N1CCOC[C@]2(CC[C@H](Cn3cncn3)O2)C1. The molecule has 3 heterocycles. The van der Waals surface area contributed by atoms with Crippen LogP contribution < -0.4 is 0 Å². The molecule has 3 rings (SSSR count). The van der Waals surface area contributed by atoms with Gasteiger partial charge in [0, 0.05) is 13.1 Å². The highest BCUT2D eigenvalue weighted by Gasteiger charge is 2.44. The van der Waals surface area contributed by atoms with Gasteiger partial charge >= 0.3 is 0 Å². The van der Waals surface area contributed by atoms with Gasteiger partial charge in [0.25, 0.3) is 0 Å². The molecule has 2 saturated heterocycles. The quantitative estimate of drug-likeness (QED) is 0.746. The Morgan fingerprint density at radius 3 is 3.05 bits per heavy atom. The standard InChI is InChI=1S/C12H20N4O4S/c1-21(17,18)16-4-5-19-8-12(7-16)3-2-11(20-12)6-15-10-13-9-14-15/h9-11H,2-8H2,1H3/t11-,12+/m1/s1. The molecule has 0 aromatic carbocycles. The molecule has 2 atom stereocenters. The number of sulfonamides is 1. The van der Waals surface area contributed by atoms with Crippen molar-refractivity contribution >= 4 is 10.0 Å². The summed E-state index contributed by atoms with van der Waals surface area (Å²) in [6.07, 6.45) is 6.04. The van der Waals surface area contributed by atoms with Gasteiger partial charge < -0.3 is 9.47 Å². The van der Waals surface area contributed by atoms with Crippen LogP contribution in [0.4, 0.5) is 0 Å². The van der Waals surface area contributed by atoms with Gasteiger partial charge in [-0.15, -0.1) is 0 Å². The molecule has 0 amide bonds. The van der Waals surface area contributed by atoms with Crippen LogP contribution >= 0.6 is 0 Å². The molecule has 1 aromatic heterocycles. The van der Waals surface area contributed by atoms with Crippen LogP contribution in [0.25, 0.3) is 0 Å². The zero-order valence-electron chi connectivity index (χ0n) is 12.0. The first kappa shape index (κ1) is 14.9. The average Bonchev–Trinajstić information content (AvgIpc) is 2.98. The summed E-state index contributed by atoms with van der Waals surface area (Å²) in [5.41, 5.74) is -0.537. The Morgan fingerprint density at radius 2 is 2.33 bits per heavy atom. The van der Waals surface area contributed by atoms with Gasteiger partial charge in [-0.3, -0.25) is 4.68 Å². The fourth-order valence-electron chi connectivity index (χ4n) is 2.94. The summed E-state index contributed by atoms with van der Waals surface area (Å²) in [6, 6.07) is 0. The van der Waals surface area contributed by atoms with Gasteiger partial charge in [-0.2, -0.15) is 9.40 Å². The van der Waals surface area contributed by atoms with E-state index in [0.29, 0.717) is 32.8 Å². The van der Waals surface area contributed by atoms with Gasteiger partial charge in [0.2, 0.25) is 10.0 Å². The van der Waals surface area contributed by atoms with Crippen molar-refractivity contribution in [2.75, 3.05) is 32.6 Å². The molecule has 0 unspecified atom stereocenters. The third-order valence-corrected chi connectivity index (χ3v) is 5.23. The third-order valence-electron chi connectivity index (χ3n) is 3.98. The molecule has 8 nitrogen and oxygen atoms in total. The molecule has 9 heteroatoms. The van der Waals surface area contributed by atoms with Crippen molar-refractivity contribution in [3.8, 4) is 0 Å². The van der Waals surface area contributed by atoms with Crippen LogP contribution in [-0.4, -0.2) is 71.8 Å². The highest BCUT2D eigenvalue weighted by Crippen LogP contribution is 2.34. The Balaban J connectivity index is 1.69. The summed E-state index contributed by atoms with van der Waals surface area (Å²) in [6.45, 7) is 2.22. The largest absolute Gasteiger partial charge is 0.377 e. The number of rotatable bonds is 3. The molecule has 0 bridgehead atoms. The van der Waals surface area contributed by atoms with Gasteiger partial charge in [0.05, 0.1) is 32.1 Å². The predicted molar refractivity (Wildman–Crippen MR) is 74.1 cm³/mol. The number of aromatic nitrogens is 3. The van der Waals surface area contributed by atoms with Crippen LogP contribution in [0.2, 0.25) is 0 Å². The number of hydrogen-bond donors (Lipinski definition) is 0. The van der Waals surface area contributed by atoms with Gasteiger partial charge in [0.15, 0.2) is 0 Å². The van der Waals surface area contributed by atoms with Crippen LogP contribution in [0.1, 0.15) is 12.8 Å². The first-order valence-electron chi connectivity index (χ1n) is 7.00. The lowest BCUT2D eigenvalue weighted by Gasteiger charge is -2.30. The molecule has 2 fully saturated rings. The van der Waals surface area contributed by atoms with E-state index in [4.69, 9.17) is 9.47 Å². The monoisotopic (exact) mass is 316 g/mol. The first-order chi connectivity index (χ1) is 9.97. The Bertz CT molecular complexity index is 576. The van der Waals surface area contributed by atoms with E-state index in [0.717, 1.165) is 12.8 Å². The van der Waals surface area contributed by atoms with Crippen molar-refractivity contribution in [1.29, 1.82) is 0 Å². The summed E-state index contributed by atoms with van der Waals surface area (Å²) in [7, 11) is -3.23. The molecular formula is C12H20N4O4S. The summed E-state index contributed by atoms with van der Waals surface area (Å²) < 4.78 is 38.5. The Kier molecular flexibility index (Phi) is 4.00. The molecule has 2 aliphatic rings. The van der Waals surface area contributed by atoms with Crippen LogP contribution in [0.3, 0.4) is 0 Å². The molecule has 118 valence electrons. The van der Waals surface area contributed by atoms with Gasteiger partial charge in [0.1, 0.15) is 18.3 Å². The molecule has 2 aliphatic heterocycles. The van der Waals surface area contributed by atoms with Crippen molar-refractivity contribution in [3.05, 3.63) is 12.7 Å². The molecular weight excluding hydrogens is 296 g/mol. The highest BCUT2D eigenvalue weighted by atomic mass is 32.2. The number of nitrogens with zero attached hydrogens (tertiary/aromatic N) is 4. The van der Waals surface area contributed by atoms with Crippen LogP contribution in [0.5, 0.6) is 0 Å². The molecule has 0 aliphatic carbocycles. The summed E-state index contributed by atoms with van der Waals surface area (Å²) in [5, 5.41) is 4.07. The van der Waals surface area contributed by atoms with E-state index in [1.54, 1.807) is 11.0 Å². The van der Waals surface area contributed by atoms with Gasteiger partial charge in [-0.05, 0) is 12.8 Å².